The van der Waals surface area contributed by atoms with E-state index in [4.69, 9.17) is 0 Å². The number of carbonyl (C=O) groups excluding carboxylic acids is 2. The summed E-state index contributed by atoms with van der Waals surface area (Å²) in [5.41, 5.74) is 1.91. The molecule has 0 spiro atoms. The summed E-state index contributed by atoms with van der Waals surface area (Å²) in [6.45, 7) is 0. The summed E-state index contributed by atoms with van der Waals surface area (Å²) in [4.78, 5) is 27.8. The number of hydrazone groups is 1. The minimum absolute atomic E-state index is 0.120. The minimum Gasteiger partial charge on any atom is -0.377 e. The summed E-state index contributed by atoms with van der Waals surface area (Å²) in [5.74, 6) is 1.07. The van der Waals surface area contributed by atoms with E-state index in [1.807, 2.05) is 37.2 Å². The van der Waals surface area contributed by atoms with Crippen molar-refractivity contribution in [3.63, 3.8) is 0 Å². The molecular formula is C20H20BrN3O2. The number of rotatable bonds is 3. The molecular weight excluding hydrogens is 394 g/mol. The lowest BCUT2D eigenvalue weighted by atomic mass is 9.63. The van der Waals surface area contributed by atoms with Crippen LogP contribution >= 0.6 is 15.9 Å². The molecule has 2 bridgehead atoms. The molecule has 1 saturated heterocycles. The zero-order valence-electron chi connectivity index (χ0n) is 14.7. The van der Waals surface area contributed by atoms with Crippen LogP contribution in [0.1, 0.15) is 12.0 Å². The number of hydrogen-bond donors (Lipinski definition) is 0. The van der Waals surface area contributed by atoms with Gasteiger partial charge >= 0.3 is 0 Å². The van der Waals surface area contributed by atoms with Gasteiger partial charge < -0.3 is 4.90 Å². The smallest absolute Gasteiger partial charge is 0.254 e. The molecule has 5 aliphatic rings. The summed E-state index contributed by atoms with van der Waals surface area (Å²) >= 11 is 3.55. The number of carbonyl (C=O) groups is 2. The number of halogens is 1. The van der Waals surface area contributed by atoms with E-state index in [9.17, 15) is 9.59 Å². The van der Waals surface area contributed by atoms with Gasteiger partial charge in [-0.25, -0.2) is 0 Å². The van der Waals surface area contributed by atoms with Gasteiger partial charge in [-0.15, -0.1) is 0 Å². The van der Waals surface area contributed by atoms with Gasteiger partial charge in [0.15, 0.2) is 0 Å². The topological polar surface area (TPSA) is 53.0 Å². The van der Waals surface area contributed by atoms with Gasteiger partial charge in [0.2, 0.25) is 0 Å². The normalized spacial score (nSPS) is 36.7. The second kappa shape index (κ2) is 5.52. The fraction of sp³-hybridized carbons (Fsp3) is 0.450. The lowest BCUT2D eigenvalue weighted by Gasteiger charge is -2.37. The lowest BCUT2D eigenvalue weighted by molar-refractivity contribution is -0.140. The number of allylic oxidation sites excluding steroid dienone is 2. The molecule has 0 N–H and O–H groups in total. The van der Waals surface area contributed by atoms with Crippen LogP contribution in [0, 0.1) is 35.5 Å². The van der Waals surface area contributed by atoms with Crippen LogP contribution in [0.15, 0.2) is 39.9 Å². The SMILES string of the molecule is CN(C)c1ccc(/C=N\N2C(=O)[C@H]3[C@@H]4C=C[C@@H]([C@H]5C[C@H]45)[C@@H]3C2=O)cc1Br. The molecule has 1 aromatic carbocycles. The summed E-state index contributed by atoms with van der Waals surface area (Å²) in [6.07, 6.45) is 7.13. The number of amides is 2. The maximum absolute atomic E-state index is 12.9. The highest BCUT2D eigenvalue weighted by atomic mass is 79.9. The third kappa shape index (κ3) is 2.17. The van der Waals surface area contributed by atoms with E-state index in [0.29, 0.717) is 11.8 Å². The largest absolute Gasteiger partial charge is 0.377 e. The molecule has 2 saturated carbocycles. The molecule has 26 heavy (non-hydrogen) atoms. The quantitative estimate of drug-likeness (QED) is 0.434. The zero-order valence-corrected chi connectivity index (χ0v) is 16.3. The minimum atomic E-state index is -0.193. The van der Waals surface area contributed by atoms with E-state index in [2.05, 4.69) is 33.2 Å². The van der Waals surface area contributed by atoms with Crippen LogP contribution < -0.4 is 4.90 Å². The average Bonchev–Trinajstić information content (AvgIpc) is 3.39. The van der Waals surface area contributed by atoms with Crippen molar-refractivity contribution in [1.82, 2.24) is 5.01 Å². The van der Waals surface area contributed by atoms with Crippen LogP contribution in [0.5, 0.6) is 0 Å². The van der Waals surface area contributed by atoms with E-state index in [-0.39, 0.29) is 35.5 Å². The predicted molar refractivity (Wildman–Crippen MR) is 103 cm³/mol. The first-order valence-corrected chi connectivity index (χ1v) is 9.83. The maximum atomic E-state index is 12.9. The van der Waals surface area contributed by atoms with Crippen molar-refractivity contribution in [2.24, 2.45) is 40.6 Å². The first-order valence-electron chi connectivity index (χ1n) is 9.04. The van der Waals surface area contributed by atoms with Crippen LogP contribution in [-0.4, -0.2) is 37.1 Å². The van der Waals surface area contributed by atoms with Crippen molar-refractivity contribution in [1.29, 1.82) is 0 Å². The van der Waals surface area contributed by atoms with Gasteiger partial charge in [0, 0.05) is 18.6 Å². The third-order valence-corrected chi connectivity index (χ3v) is 7.05. The van der Waals surface area contributed by atoms with Crippen LogP contribution in [0.4, 0.5) is 5.69 Å². The molecule has 2 amide bonds. The van der Waals surface area contributed by atoms with E-state index in [1.165, 1.54) is 6.42 Å². The second-order valence-corrected chi connectivity index (χ2v) is 8.85. The molecule has 6 rings (SSSR count). The van der Waals surface area contributed by atoms with Crippen molar-refractivity contribution in [3.8, 4) is 0 Å². The van der Waals surface area contributed by atoms with Crippen molar-refractivity contribution >= 4 is 39.6 Å². The maximum Gasteiger partial charge on any atom is 0.254 e. The Labute approximate surface area is 160 Å². The summed E-state index contributed by atoms with van der Waals surface area (Å²) < 4.78 is 0.946. The fourth-order valence-electron chi connectivity index (χ4n) is 5.15. The van der Waals surface area contributed by atoms with Crippen molar-refractivity contribution in [2.75, 3.05) is 19.0 Å². The van der Waals surface area contributed by atoms with Gasteiger partial charge in [0.1, 0.15) is 0 Å². The molecule has 0 radical (unpaired) electrons. The Kier molecular flexibility index (Phi) is 3.45. The van der Waals surface area contributed by atoms with E-state index < -0.39 is 0 Å². The first kappa shape index (κ1) is 16.2. The molecule has 4 aliphatic carbocycles. The van der Waals surface area contributed by atoms with Crippen LogP contribution in [-0.2, 0) is 9.59 Å². The van der Waals surface area contributed by atoms with Crippen LogP contribution in [0.25, 0.3) is 0 Å². The number of nitrogens with zero attached hydrogens (tertiary/aromatic N) is 3. The Morgan fingerprint density at radius 1 is 1.12 bits per heavy atom. The predicted octanol–water partition coefficient (Wildman–Crippen LogP) is 2.90. The van der Waals surface area contributed by atoms with Gasteiger partial charge in [-0.2, -0.15) is 10.1 Å². The highest BCUT2D eigenvalue weighted by Crippen LogP contribution is 2.65. The number of hydrogen-bond acceptors (Lipinski definition) is 4. The summed E-state index contributed by atoms with van der Waals surface area (Å²) in [5, 5.41) is 5.40. The molecule has 1 aromatic rings. The summed E-state index contributed by atoms with van der Waals surface area (Å²) in [6, 6.07) is 5.86. The molecule has 134 valence electrons. The summed E-state index contributed by atoms with van der Waals surface area (Å²) in [7, 11) is 3.95. The Balaban J connectivity index is 1.40. The molecule has 1 aliphatic heterocycles. The van der Waals surface area contributed by atoms with E-state index in [1.54, 1.807) is 6.21 Å². The highest BCUT2D eigenvalue weighted by molar-refractivity contribution is 9.10. The van der Waals surface area contributed by atoms with Gasteiger partial charge in [-0.05, 0) is 63.7 Å². The Bertz CT molecular complexity index is 842. The van der Waals surface area contributed by atoms with Crippen LogP contribution in [0.2, 0.25) is 0 Å². The number of benzene rings is 1. The second-order valence-electron chi connectivity index (χ2n) is 7.99. The Morgan fingerprint density at radius 3 is 2.27 bits per heavy atom. The first-order chi connectivity index (χ1) is 12.5. The molecule has 6 atom stereocenters. The monoisotopic (exact) mass is 413 g/mol. The van der Waals surface area contributed by atoms with Gasteiger partial charge in [0.25, 0.3) is 11.8 Å². The Morgan fingerprint density at radius 2 is 1.73 bits per heavy atom. The Hall–Kier alpha value is -1.95. The van der Waals surface area contributed by atoms with Gasteiger partial charge in [0.05, 0.1) is 23.7 Å². The molecule has 0 unspecified atom stereocenters. The number of imide groups is 1. The van der Waals surface area contributed by atoms with E-state index in [0.717, 1.165) is 20.7 Å². The average molecular weight is 414 g/mol. The molecule has 0 aromatic heterocycles. The molecule has 1 heterocycles. The number of anilines is 1. The molecule has 3 fully saturated rings. The molecule has 5 nitrogen and oxygen atoms in total. The highest BCUT2D eigenvalue weighted by Gasteiger charge is 2.67. The van der Waals surface area contributed by atoms with Crippen LogP contribution in [0.3, 0.4) is 0 Å². The fourth-order valence-corrected chi connectivity index (χ4v) is 5.90. The zero-order chi connectivity index (χ0) is 18.2. The molecule has 6 heteroatoms. The van der Waals surface area contributed by atoms with E-state index >= 15 is 0 Å². The van der Waals surface area contributed by atoms with Crippen molar-refractivity contribution in [2.45, 2.75) is 6.42 Å². The van der Waals surface area contributed by atoms with Gasteiger partial charge in [-0.1, -0.05) is 18.2 Å². The standard InChI is InChI=1S/C20H20BrN3O2/c1-23(2)16-6-3-10(7-15(16)21)9-22-24-19(25)17-11-4-5-12(14-8-13(11)14)18(17)20(24)26/h3-7,9,11-14,17-18H,8H2,1-2H3/b22-9-/t11-,12+,13-,14-,17+,18+/m1/s1. The van der Waals surface area contributed by atoms with Crippen molar-refractivity contribution in [3.05, 3.63) is 40.4 Å². The van der Waals surface area contributed by atoms with Crippen molar-refractivity contribution < 1.29 is 9.59 Å². The third-order valence-electron chi connectivity index (χ3n) is 6.42. The van der Waals surface area contributed by atoms with Gasteiger partial charge in [-0.3, -0.25) is 9.59 Å². The lowest BCUT2D eigenvalue weighted by Crippen LogP contribution is -2.40.